The zero-order valence-electron chi connectivity index (χ0n) is 13.7. The number of nitrogen functional groups attached to an aromatic ring is 1. The molecule has 3 aromatic rings. The third-order valence-electron chi connectivity index (χ3n) is 3.98. The van der Waals surface area contributed by atoms with Crippen molar-refractivity contribution in [2.24, 2.45) is 0 Å². The Morgan fingerprint density at radius 2 is 1.78 bits per heavy atom. The maximum Gasteiger partial charge on any atom is 0.161 e. The molecule has 0 atom stereocenters. The molecular weight excluding hydrogens is 288 g/mol. The van der Waals surface area contributed by atoms with Crippen LogP contribution in [0, 0.1) is 0 Å². The van der Waals surface area contributed by atoms with Crippen LogP contribution in [-0.2, 0) is 6.61 Å². The third kappa shape index (κ3) is 2.84. The van der Waals surface area contributed by atoms with E-state index in [-0.39, 0.29) is 0 Å². The Kier molecular flexibility index (Phi) is 4.15. The lowest BCUT2D eigenvalue weighted by molar-refractivity contribution is 0.285. The van der Waals surface area contributed by atoms with Gasteiger partial charge in [-0.05, 0) is 38.1 Å². The second-order valence-electron chi connectivity index (χ2n) is 5.84. The predicted molar refractivity (Wildman–Crippen MR) is 94.1 cm³/mol. The first-order valence-corrected chi connectivity index (χ1v) is 7.75. The number of methoxy groups -OCH3 is 1. The van der Waals surface area contributed by atoms with Gasteiger partial charge in [0.05, 0.1) is 12.6 Å². The van der Waals surface area contributed by atoms with Crippen molar-refractivity contribution in [3.8, 4) is 11.5 Å². The molecule has 2 N–H and O–H groups in total. The van der Waals surface area contributed by atoms with Gasteiger partial charge in [0.15, 0.2) is 11.5 Å². The molecule has 2 aromatic carbocycles. The van der Waals surface area contributed by atoms with E-state index in [1.807, 2.05) is 36.4 Å². The zero-order valence-corrected chi connectivity index (χ0v) is 13.7. The summed E-state index contributed by atoms with van der Waals surface area (Å²) in [7, 11) is 1.64. The molecule has 0 amide bonds. The molecule has 0 saturated carbocycles. The maximum atomic E-state index is 6.20. The fraction of sp³-hybridized carbons (Fsp3) is 0.263. The molecule has 120 valence electrons. The number of para-hydroxylation sites is 2. The smallest absolute Gasteiger partial charge is 0.161 e. The average Bonchev–Trinajstić information content (AvgIpc) is 2.93. The van der Waals surface area contributed by atoms with E-state index in [0.29, 0.717) is 12.6 Å². The first-order chi connectivity index (χ1) is 11.1. The Morgan fingerprint density at radius 1 is 1.04 bits per heavy atom. The molecule has 0 saturated heterocycles. The molecule has 4 nitrogen and oxygen atoms in total. The number of rotatable bonds is 5. The van der Waals surface area contributed by atoms with Crippen LogP contribution in [0.15, 0.2) is 48.7 Å². The largest absolute Gasteiger partial charge is 0.493 e. The number of anilines is 1. The van der Waals surface area contributed by atoms with Crippen LogP contribution >= 0.6 is 0 Å². The number of nitrogens with two attached hydrogens (primary N) is 1. The fourth-order valence-electron chi connectivity index (χ4n) is 2.85. The summed E-state index contributed by atoms with van der Waals surface area (Å²) in [6.07, 6.45) is 2.13. The van der Waals surface area contributed by atoms with Gasteiger partial charge in [-0.25, -0.2) is 0 Å². The van der Waals surface area contributed by atoms with Crippen LogP contribution in [0.5, 0.6) is 11.5 Å². The minimum absolute atomic E-state index is 0.360. The molecule has 0 aliphatic heterocycles. The van der Waals surface area contributed by atoms with Crippen molar-refractivity contribution in [2.45, 2.75) is 26.5 Å². The van der Waals surface area contributed by atoms with E-state index in [9.17, 15) is 0 Å². The lowest BCUT2D eigenvalue weighted by atomic mass is 10.1. The van der Waals surface area contributed by atoms with Gasteiger partial charge >= 0.3 is 0 Å². The second-order valence-corrected chi connectivity index (χ2v) is 5.84. The minimum atomic E-state index is 0.360. The topological polar surface area (TPSA) is 49.4 Å². The Hall–Kier alpha value is -2.62. The van der Waals surface area contributed by atoms with Crippen LogP contribution < -0.4 is 15.2 Å². The first-order valence-electron chi connectivity index (χ1n) is 7.75. The van der Waals surface area contributed by atoms with Crippen LogP contribution in [0.25, 0.3) is 10.9 Å². The van der Waals surface area contributed by atoms with Gasteiger partial charge in [0, 0.05) is 28.9 Å². The molecule has 0 spiro atoms. The van der Waals surface area contributed by atoms with Gasteiger partial charge in [0.2, 0.25) is 0 Å². The first kappa shape index (κ1) is 15.3. The van der Waals surface area contributed by atoms with Crippen LogP contribution in [0.2, 0.25) is 0 Å². The van der Waals surface area contributed by atoms with E-state index in [4.69, 9.17) is 15.2 Å². The van der Waals surface area contributed by atoms with E-state index in [0.717, 1.165) is 33.7 Å². The highest BCUT2D eigenvalue weighted by Gasteiger charge is 2.14. The lowest BCUT2D eigenvalue weighted by Crippen LogP contribution is -1.99. The van der Waals surface area contributed by atoms with Crippen molar-refractivity contribution in [3.63, 3.8) is 0 Å². The van der Waals surface area contributed by atoms with E-state index in [1.54, 1.807) is 7.11 Å². The molecule has 23 heavy (non-hydrogen) atoms. The van der Waals surface area contributed by atoms with E-state index >= 15 is 0 Å². The lowest BCUT2D eigenvalue weighted by Gasteiger charge is -2.10. The number of ether oxygens (including phenoxy) is 2. The molecule has 0 radical (unpaired) electrons. The van der Waals surface area contributed by atoms with Gasteiger partial charge in [-0.3, -0.25) is 0 Å². The van der Waals surface area contributed by atoms with Crippen LogP contribution in [0.1, 0.15) is 25.5 Å². The minimum Gasteiger partial charge on any atom is -0.493 e. The average molecular weight is 310 g/mol. The third-order valence-corrected chi connectivity index (χ3v) is 3.98. The normalized spacial score (nSPS) is 11.1. The highest BCUT2D eigenvalue weighted by Crippen LogP contribution is 2.32. The number of nitrogens with zero attached hydrogens (tertiary/aromatic N) is 1. The van der Waals surface area contributed by atoms with E-state index in [2.05, 4.69) is 30.7 Å². The molecule has 1 heterocycles. The van der Waals surface area contributed by atoms with E-state index in [1.165, 1.54) is 0 Å². The Morgan fingerprint density at radius 3 is 2.48 bits per heavy atom. The Balaban J connectivity index is 1.97. The van der Waals surface area contributed by atoms with Gasteiger partial charge in [0.25, 0.3) is 0 Å². The van der Waals surface area contributed by atoms with Crippen LogP contribution in [0.3, 0.4) is 0 Å². The summed E-state index contributed by atoms with van der Waals surface area (Å²) in [6, 6.07) is 14.0. The van der Waals surface area contributed by atoms with Crippen molar-refractivity contribution in [1.82, 2.24) is 4.57 Å². The van der Waals surface area contributed by atoms with Gasteiger partial charge in [-0.1, -0.05) is 18.2 Å². The Bertz CT molecular complexity index is 821. The molecular formula is C19H22N2O2. The van der Waals surface area contributed by atoms with Gasteiger partial charge in [-0.2, -0.15) is 0 Å². The number of aromatic nitrogens is 1. The summed E-state index contributed by atoms with van der Waals surface area (Å²) in [4.78, 5) is 0. The molecule has 0 aliphatic carbocycles. The summed E-state index contributed by atoms with van der Waals surface area (Å²) >= 11 is 0. The molecule has 0 unspecified atom stereocenters. The number of fused-ring (bicyclic) bond motifs is 1. The summed E-state index contributed by atoms with van der Waals surface area (Å²) in [5.41, 5.74) is 9.20. The van der Waals surface area contributed by atoms with Gasteiger partial charge < -0.3 is 19.8 Å². The van der Waals surface area contributed by atoms with Crippen molar-refractivity contribution in [2.75, 3.05) is 12.8 Å². The quantitative estimate of drug-likeness (QED) is 0.711. The summed E-state index contributed by atoms with van der Waals surface area (Å²) in [5.74, 6) is 1.46. The highest BCUT2D eigenvalue weighted by molar-refractivity contribution is 5.94. The molecule has 4 heteroatoms. The molecule has 3 rings (SSSR count). The van der Waals surface area contributed by atoms with Crippen molar-refractivity contribution < 1.29 is 9.47 Å². The molecule has 0 aliphatic rings. The number of benzene rings is 2. The number of hydrogen-bond acceptors (Lipinski definition) is 3. The summed E-state index contributed by atoms with van der Waals surface area (Å²) < 4.78 is 13.5. The van der Waals surface area contributed by atoms with Crippen LogP contribution in [0.4, 0.5) is 5.69 Å². The van der Waals surface area contributed by atoms with Crippen molar-refractivity contribution >= 4 is 16.6 Å². The SMILES string of the molecule is COc1ccccc1OCc1cn(C(C)C)c2cccc(N)c12. The van der Waals surface area contributed by atoms with Gasteiger partial charge in [0.1, 0.15) is 6.61 Å². The highest BCUT2D eigenvalue weighted by atomic mass is 16.5. The Labute approximate surface area is 136 Å². The zero-order chi connectivity index (χ0) is 16.4. The molecule has 1 aromatic heterocycles. The fourth-order valence-corrected chi connectivity index (χ4v) is 2.85. The summed E-state index contributed by atoms with van der Waals surface area (Å²) in [5, 5.41) is 1.07. The second kappa shape index (κ2) is 6.24. The summed E-state index contributed by atoms with van der Waals surface area (Å²) in [6.45, 7) is 4.77. The van der Waals surface area contributed by atoms with Crippen molar-refractivity contribution in [3.05, 3.63) is 54.2 Å². The number of hydrogen-bond donors (Lipinski definition) is 1. The maximum absolute atomic E-state index is 6.20. The molecule has 0 bridgehead atoms. The monoisotopic (exact) mass is 310 g/mol. The van der Waals surface area contributed by atoms with Gasteiger partial charge in [-0.15, -0.1) is 0 Å². The molecule has 0 fully saturated rings. The standard InChI is InChI=1S/C19H22N2O2/c1-13(2)21-11-14(19-15(20)7-6-8-16(19)21)12-23-18-10-5-4-9-17(18)22-3/h4-11,13H,12,20H2,1-3H3. The van der Waals surface area contributed by atoms with Crippen molar-refractivity contribution in [1.29, 1.82) is 0 Å². The van der Waals surface area contributed by atoms with E-state index < -0.39 is 0 Å². The van der Waals surface area contributed by atoms with Crippen LogP contribution in [-0.4, -0.2) is 11.7 Å². The predicted octanol–water partition coefficient (Wildman–Crippen LogP) is 4.39.